The maximum absolute atomic E-state index is 11.9. The minimum absolute atomic E-state index is 0.257. The monoisotopic (exact) mass is 217 g/mol. The summed E-state index contributed by atoms with van der Waals surface area (Å²) in [7, 11) is 2.11. The van der Waals surface area contributed by atoms with Crippen molar-refractivity contribution in [2.75, 3.05) is 13.6 Å². The van der Waals surface area contributed by atoms with Crippen LogP contribution in [0.15, 0.2) is 24.3 Å². The predicted octanol–water partition coefficient (Wildman–Crippen LogP) is 2.66. The highest BCUT2D eigenvalue weighted by molar-refractivity contribution is 5.96. The zero-order chi connectivity index (χ0) is 11.5. The van der Waals surface area contributed by atoms with Crippen LogP contribution in [0.25, 0.3) is 0 Å². The molecule has 1 aliphatic rings. The molecule has 1 saturated carbocycles. The molecule has 0 radical (unpaired) electrons. The van der Waals surface area contributed by atoms with Crippen LogP contribution in [-0.4, -0.2) is 30.3 Å². The molecule has 0 unspecified atom stereocenters. The fourth-order valence-corrected chi connectivity index (χ4v) is 1.86. The van der Waals surface area contributed by atoms with Crippen LogP contribution in [0.5, 0.6) is 0 Å². The van der Waals surface area contributed by atoms with E-state index in [2.05, 4.69) is 11.9 Å². The predicted molar refractivity (Wildman–Crippen MR) is 65.8 cm³/mol. The molecule has 2 nitrogen and oxygen atoms in total. The van der Waals surface area contributed by atoms with Gasteiger partial charge in [0, 0.05) is 24.6 Å². The zero-order valence-electron chi connectivity index (χ0n) is 10.1. The highest BCUT2D eigenvalue weighted by Gasteiger charge is 2.25. The molecule has 0 aliphatic heterocycles. The van der Waals surface area contributed by atoms with Crippen molar-refractivity contribution in [3.63, 3.8) is 0 Å². The van der Waals surface area contributed by atoms with Crippen LogP contribution in [-0.2, 0) is 0 Å². The Morgan fingerprint density at radius 1 is 1.31 bits per heavy atom. The molecule has 0 spiro atoms. The molecule has 16 heavy (non-hydrogen) atoms. The van der Waals surface area contributed by atoms with E-state index in [1.165, 1.54) is 18.4 Å². The van der Waals surface area contributed by atoms with Gasteiger partial charge < -0.3 is 4.90 Å². The third-order valence-corrected chi connectivity index (χ3v) is 3.24. The van der Waals surface area contributed by atoms with Crippen LogP contribution in [0.4, 0.5) is 0 Å². The van der Waals surface area contributed by atoms with Gasteiger partial charge in [0.2, 0.25) is 0 Å². The van der Waals surface area contributed by atoms with Crippen molar-refractivity contribution in [1.29, 1.82) is 0 Å². The molecule has 0 amide bonds. The molecular weight excluding hydrogens is 198 g/mol. The quantitative estimate of drug-likeness (QED) is 0.707. The van der Waals surface area contributed by atoms with E-state index in [-0.39, 0.29) is 5.78 Å². The van der Waals surface area contributed by atoms with Gasteiger partial charge >= 0.3 is 0 Å². The van der Waals surface area contributed by atoms with Crippen LogP contribution in [0.3, 0.4) is 0 Å². The number of benzene rings is 1. The lowest BCUT2D eigenvalue weighted by atomic mass is 10.1. The Morgan fingerprint density at radius 3 is 2.50 bits per heavy atom. The highest BCUT2D eigenvalue weighted by atomic mass is 16.1. The summed E-state index contributed by atoms with van der Waals surface area (Å²) in [5.41, 5.74) is 2.04. The summed E-state index contributed by atoms with van der Waals surface area (Å²) in [6.07, 6.45) is 3.24. The van der Waals surface area contributed by atoms with E-state index < -0.39 is 0 Å². The van der Waals surface area contributed by atoms with Crippen molar-refractivity contribution < 1.29 is 4.79 Å². The Bertz CT molecular complexity index is 365. The molecule has 0 bridgehead atoms. The third kappa shape index (κ3) is 2.92. The summed E-state index contributed by atoms with van der Waals surface area (Å²) in [4.78, 5) is 14.2. The number of rotatable bonds is 5. The van der Waals surface area contributed by atoms with Gasteiger partial charge in [0.1, 0.15) is 0 Å². The largest absolute Gasteiger partial charge is 0.303 e. The number of Topliss-reactive ketones (excluding diaryl/α,β-unsaturated/α-hetero) is 1. The highest BCUT2D eigenvalue weighted by Crippen LogP contribution is 2.25. The van der Waals surface area contributed by atoms with E-state index in [1.54, 1.807) is 0 Å². The summed E-state index contributed by atoms with van der Waals surface area (Å²) in [5, 5.41) is 0. The first-order valence-electron chi connectivity index (χ1n) is 5.97. The van der Waals surface area contributed by atoms with Gasteiger partial charge in [-0.05, 0) is 26.8 Å². The summed E-state index contributed by atoms with van der Waals surface area (Å²) >= 11 is 0. The van der Waals surface area contributed by atoms with Crippen LogP contribution in [0, 0.1) is 6.92 Å². The summed E-state index contributed by atoms with van der Waals surface area (Å²) in [5.74, 6) is 0.257. The molecular formula is C14H19NO. The van der Waals surface area contributed by atoms with Gasteiger partial charge in [-0.25, -0.2) is 0 Å². The number of nitrogens with zero attached hydrogens (tertiary/aromatic N) is 1. The van der Waals surface area contributed by atoms with Crippen molar-refractivity contribution >= 4 is 5.78 Å². The molecule has 1 aliphatic carbocycles. The molecule has 2 heteroatoms. The Morgan fingerprint density at radius 2 is 1.94 bits per heavy atom. The lowest BCUT2D eigenvalue weighted by molar-refractivity contribution is 0.0968. The lowest BCUT2D eigenvalue weighted by Gasteiger charge is -2.14. The number of carbonyl (C=O) groups is 1. The smallest absolute Gasteiger partial charge is 0.164 e. The normalized spacial score (nSPS) is 15.4. The van der Waals surface area contributed by atoms with Gasteiger partial charge in [-0.2, -0.15) is 0 Å². The second-order valence-electron chi connectivity index (χ2n) is 4.75. The first-order valence-corrected chi connectivity index (χ1v) is 5.97. The molecule has 1 aromatic rings. The van der Waals surface area contributed by atoms with E-state index >= 15 is 0 Å². The first kappa shape index (κ1) is 11.3. The molecule has 0 heterocycles. The van der Waals surface area contributed by atoms with Gasteiger partial charge in [0.05, 0.1) is 0 Å². The molecule has 0 atom stereocenters. The number of hydrogen-bond acceptors (Lipinski definition) is 2. The topological polar surface area (TPSA) is 20.3 Å². The van der Waals surface area contributed by atoms with Crippen molar-refractivity contribution in [2.45, 2.75) is 32.2 Å². The maximum atomic E-state index is 11.9. The van der Waals surface area contributed by atoms with E-state index in [1.807, 2.05) is 31.2 Å². The fourth-order valence-electron chi connectivity index (χ4n) is 1.86. The third-order valence-electron chi connectivity index (χ3n) is 3.24. The maximum Gasteiger partial charge on any atom is 0.164 e. The Hall–Kier alpha value is -1.15. The lowest BCUT2D eigenvalue weighted by Crippen LogP contribution is -2.23. The zero-order valence-corrected chi connectivity index (χ0v) is 10.1. The summed E-state index contributed by atoms with van der Waals surface area (Å²) in [6.45, 7) is 2.92. The minimum atomic E-state index is 0.257. The van der Waals surface area contributed by atoms with Crippen LogP contribution < -0.4 is 0 Å². The second kappa shape index (κ2) is 4.79. The fraction of sp³-hybridized carbons (Fsp3) is 0.500. The van der Waals surface area contributed by atoms with Gasteiger partial charge in [-0.3, -0.25) is 4.79 Å². The molecule has 0 aromatic heterocycles. The van der Waals surface area contributed by atoms with E-state index in [0.29, 0.717) is 6.42 Å². The number of aryl methyl sites for hydroxylation is 1. The first-order chi connectivity index (χ1) is 7.66. The van der Waals surface area contributed by atoms with Crippen LogP contribution >= 0.6 is 0 Å². The second-order valence-corrected chi connectivity index (χ2v) is 4.75. The van der Waals surface area contributed by atoms with Crippen molar-refractivity contribution in [3.8, 4) is 0 Å². The molecule has 1 aromatic carbocycles. The van der Waals surface area contributed by atoms with Crippen molar-refractivity contribution in [2.24, 2.45) is 0 Å². The minimum Gasteiger partial charge on any atom is -0.303 e. The standard InChI is InChI=1S/C14H19NO/c1-11-3-5-12(6-4-11)14(16)9-10-15(2)13-7-8-13/h3-6,13H,7-10H2,1-2H3. The van der Waals surface area contributed by atoms with E-state index in [4.69, 9.17) is 0 Å². The van der Waals surface area contributed by atoms with Gasteiger partial charge in [0.15, 0.2) is 5.78 Å². The number of carbonyl (C=O) groups excluding carboxylic acids is 1. The molecule has 0 N–H and O–H groups in total. The Kier molecular flexibility index (Phi) is 3.39. The average Bonchev–Trinajstić information content (AvgIpc) is 3.10. The molecule has 0 saturated heterocycles. The molecule has 86 valence electrons. The van der Waals surface area contributed by atoms with E-state index in [0.717, 1.165) is 18.2 Å². The Labute approximate surface area is 97.3 Å². The average molecular weight is 217 g/mol. The number of ketones is 1. The van der Waals surface area contributed by atoms with Gasteiger partial charge in [-0.1, -0.05) is 29.8 Å². The molecule has 2 rings (SSSR count). The summed E-state index contributed by atoms with van der Waals surface area (Å²) in [6, 6.07) is 8.59. The number of hydrogen-bond donors (Lipinski definition) is 0. The van der Waals surface area contributed by atoms with Crippen LogP contribution in [0.1, 0.15) is 35.2 Å². The van der Waals surface area contributed by atoms with Gasteiger partial charge in [0.25, 0.3) is 0 Å². The summed E-state index contributed by atoms with van der Waals surface area (Å²) < 4.78 is 0. The SMILES string of the molecule is Cc1ccc(C(=O)CCN(C)C2CC2)cc1. The van der Waals surface area contributed by atoms with Crippen molar-refractivity contribution in [3.05, 3.63) is 35.4 Å². The van der Waals surface area contributed by atoms with Crippen molar-refractivity contribution in [1.82, 2.24) is 4.90 Å². The molecule has 1 fully saturated rings. The van der Waals surface area contributed by atoms with E-state index in [9.17, 15) is 4.79 Å². The van der Waals surface area contributed by atoms with Crippen LogP contribution in [0.2, 0.25) is 0 Å². The van der Waals surface area contributed by atoms with Gasteiger partial charge in [-0.15, -0.1) is 0 Å². The Balaban J connectivity index is 1.85.